The molecule has 0 aromatic rings. The number of nitrogens with zero attached hydrogens (tertiary/aromatic N) is 1. The minimum Gasteiger partial charge on any atom is -0.444 e. The maximum atomic E-state index is 13.0. The van der Waals surface area contributed by atoms with Gasteiger partial charge in [-0.3, -0.25) is 4.55 Å². The van der Waals surface area contributed by atoms with Gasteiger partial charge in [0.1, 0.15) is 5.60 Å². The van der Waals surface area contributed by atoms with Gasteiger partial charge in [-0.1, -0.05) is 0 Å². The van der Waals surface area contributed by atoms with Gasteiger partial charge in [-0.2, -0.15) is 8.42 Å². The van der Waals surface area contributed by atoms with E-state index in [4.69, 9.17) is 15.0 Å². The minimum atomic E-state index is -3.67. The average Bonchev–Trinajstić information content (AvgIpc) is 2.35. The summed E-state index contributed by atoms with van der Waals surface area (Å²) in [6.07, 6.45) is -0.0253. The number of hydrogen-bond acceptors (Lipinski definition) is 5. The summed E-state index contributed by atoms with van der Waals surface area (Å²) < 4.78 is 56.8. The molecule has 1 aliphatic rings. The first kappa shape index (κ1) is 19.0. The number of nitrogens with two attached hydrogens (primary N) is 1. The molecular formula is C10H20F2N2O5S. The van der Waals surface area contributed by atoms with E-state index in [9.17, 15) is 22.0 Å². The van der Waals surface area contributed by atoms with E-state index < -0.39 is 40.3 Å². The van der Waals surface area contributed by atoms with E-state index in [1.54, 1.807) is 20.8 Å². The van der Waals surface area contributed by atoms with Crippen LogP contribution in [0.2, 0.25) is 0 Å². The third-order valence-corrected chi connectivity index (χ3v) is 2.01. The van der Waals surface area contributed by atoms with Crippen LogP contribution in [0.5, 0.6) is 0 Å². The van der Waals surface area contributed by atoms with Crippen molar-refractivity contribution in [1.82, 2.24) is 4.90 Å². The zero-order valence-electron chi connectivity index (χ0n) is 11.8. The average molecular weight is 318 g/mol. The molecule has 1 amide bonds. The van der Waals surface area contributed by atoms with Crippen LogP contribution in [0.15, 0.2) is 0 Å². The van der Waals surface area contributed by atoms with Crippen LogP contribution in [-0.2, 0) is 14.9 Å². The van der Waals surface area contributed by atoms with Crippen LogP contribution in [0.4, 0.5) is 13.6 Å². The molecule has 1 rings (SSSR count). The number of alkyl halides is 2. The van der Waals surface area contributed by atoms with Crippen molar-refractivity contribution < 1.29 is 31.3 Å². The molecule has 0 unspecified atom stereocenters. The van der Waals surface area contributed by atoms with Crippen molar-refractivity contribution in [3.8, 4) is 0 Å². The summed E-state index contributed by atoms with van der Waals surface area (Å²) in [5, 5.41) is 0. The van der Waals surface area contributed by atoms with Crippen molar-refractivity contribution in [3.05, 3.63) is 0 Å². The summed E-state index contributed by atoms with van der Waals surface area (Å²) in [5.41, 5.74) is 4.52. The van der Waals surface area contributed by atoms with E-state index in [1.807, 2.05) is 0 Å². The van der Waals surface area contributed by atoms with Gasteiger partial charge in [-0.05, 0) is 20.8 Å². The topological polar surface area (TPSA) is 110 Å². The fraction of sp³-hybridized carbons (Fsp3) is 0.900. The van der Waals surface area contributed by atoms with E-state index in [-0.39, 0.29) is 6.54 Å². The lowest BCUT2D eigenvalue weighted by Gasteiger charge is -2.24. The Kier molecular flexibility index (Phi) is 5.88. The monoisotopic (exact) mass is 318 g/mol. The first-order chi connectivity index (χ1) is 8.62. The highest BCUT2D eigenvalue weighted by atomic mass is 32.2. The molecule has 120 valence electrons. The van der Waals surface area contributed by atoms with Crippen molar-refractivity contribution in [2.45, 2.75) is 38.3 Å². The minimum absolute atomic E-state index is 0.165. The molecule has 7 nitrogen and oxygen atoms in total. The van der Waals surface area contributed by atoms with E-state index in [2.05, 4.69) is 0 Å². The van der Waals surface area contributed by atoms with Gasteiger partial charge in [0.15, 0.2) is 0 Å². The van der Waals surface area contributed by atoms with Gasteiger partial charge in [0, 0.05) is 6.54 Å². The predicted molar refractivity (Wildman–Crippen MR) is 68.2 cm³/mol. The Labute approximate surface area is 116 Å². The van der Waals surface area contributed by atoms with Crippen LogP contribution >= 0.6 is 0 Å². The Morgan fingerprint density at radius 3 is 2.10 bits per heavy atom. The lowest BCUT2D eigenvalue weighted by Crippen LogP contribution is -2.38. The molecule has 1 saturated heterocycles. The molecule has 0 radical (unpaired) electrons. The van der Waals surface area contributed by atoms with Gasteiger partial charge >= 0.3 is 6.09 Å². The van der Waals surface area contributed by atoms with Crippen LogP contribution in [0.25, 0.3) is 0 Å². The summed E-state index contributed by atoms with van der Waals surface area (Å²) in [7, 11) is -3.67. The normalized spacial score (nSPS) is 22.0. The number of rotatable bonds is 0. The molecule has 10 heteroatoms. The highest BCUT2D eigenvalue weighted by molar-refractivity contribution is 7.85. The smallest absolute Gasteiger partial charge is 0.410 e. The van der Waals surface area contributed by atoms with Crippen LogP contribution in [0, 0.1) is 0 Å². The van der Waals surface area contributed by atoms with Crippen molar-refractivity contribution in [3.63, 3.8) is 0 Å². The van der Waals surface area contributed by atoms with Gasteiger partial charge in [0.2, 0.25) is 0 Å². The molecule has 20 heavy (non-hydrogen) atoms. The largest absolute Gasteiger partial charge is 0.444 e. The van der Waals surface area contributed by atoms with Gasteiger partial charge in [-0.25, -0.2) is 13.6 Å². The molecule has 0 spiro atoms. The third-order valence-electron chi connectivity index (χ3n) is 2.01. The Bertz CT molecular complexity index is 439. The Hall–Kier alpha value is -1.00. The van der Waals surface area contributed by atoms with Crippen molar-refractivity contribution in [1.29, 1.82) is 0 Å². The molecular weight excluding hydrogens is 298 g/mol. The first-order valence-corrected chi connectivity index (χ1v) is 7.50. The zero-order valence-corrected chi connectivity index (χ0v) is 12.6. The molecule has 1 atom stereocenters. The number of amides is 1. The van der Waals surface area contributed by atoms with Crippen LogP contribution in [-0.4, -0.2) is 60.9 Å². The van der Waals surface area contributed by atoms with E-state index in [1.165, 1.54) is 0 Å². The number of likely N-dealkylation sites (tertiary alicyclic amines) is 1. The highest BCUT2D eigenvalue weighted by Gasteiger charge is 2.48. The first-order valence-electron chi connectivity index (χ1n) is 5.65. The zero-order chi connectivity index (χ0) is 16.4. The molecule has 1 aliphatic heterocycles. The quantitative estimate of drug-likeness (QED) is 0.636. The van der Waals surface area contributed by atoms with Gasteiger partial charge in [0.25, 0.3) is 16.0 Å². The van der Waals surface area contributed by atoms with E-state index >= 15 is 0 Å². The van der Waals surface area contributed by atoms with Crippen LogP contribution in [0.3, 0.4) is 0 Å². The Morgan fingerprint density at radius 2 is 1.85 bits per heavy atom. The molecule has 1 heterocycles. The van der Waals surface area contributed by atoms with E-state index in [0.29, 0.717) is 6.26 Å². The SMILES string of the molecule is CC(C)(C)OC(=O)N1C[C@@H](N)C(F)(F)C1.CS(=O)(=O)O. The van der Waals surface area contributed by atoms with Gasteiger partial charge in [-0.15, -0.1) is 0 Å². The van der Waals surface area contributed by atoms with Crippen molar-refractivity contribution in [2.24, 2.45) is 5.73 Å². The lowest BCUT2D eigenvalue weighted by molar-refractivity contribution is -0.00942. The standard InChI is InChI=1S/C9H16F2N2O2.CH4O3S/c1-8(2,3)15-7(14)13-4-6(12)9(10,11)5-13;1-5(2,3)4/h6H,4-5,12H2,1-3H3;1H3,(H,2,3,4)/t6-;/m1./s1. The van der Waals surface area contributed by atoms with Gasteiger partial charge in [0.05, 0.1) is 18.8 Å². The lowest BCUT2D eigenvalue weighted by atomic mass is 10.2. The van der Waals surface area contributed by atoms with E-state index in [0.717, 1.165) is 4.90 Å². The number of halogens is 2. The third kappa shape index (κ3) is 8.23. The maximum absolute atomic E-state index is 13.0. The summed E-state index contributed by atoms with van der Waals surface area (Å²) in [4.78, 5) is 12.3. The molecule has 0 aromatic carbocycles. The summed E-state index contributed by atoms with van der Waals surface area (Å²) in [6.45, 7) is 4.21. The highest BCUT2D eigenvalue weighted by Crippen LogP contribution is 2.27. The molecule has 1 fully saturated rings. The fourth-order valence-corrected chi connectivity index (χ4v) is 1.27. The molecule has 0 saturated carbocycles. The molecule has 0 bridgehead atoms. The number of carbonyl (C=O) groups excluding carboxylic acids is 1. The van der Waals surface area contributed by atoms with Crippen molar-refractivity contribution in [2.75, 3.05) is 19.3 Å². The fourth-order valence-electron chi connectivity index (χ4n) is 1.27. The van der Waals surface area contributed by atoms with Crippen LogP contribution < -0.4 is 5.73 Å². The summed E-state index contributed by atoms with van der Waals surface area (Å²) >= 11 is 0. The second kappa shape index (κ2) is 6.19. The second-order valence-electron chi connectivity index (χ2n) is 5.46. The second-order valence-corrected chi connectivity index (χ2v) is 6.93. The van der Waals surface area contributed by atoms with Crippen molar-refractivity contribution >= 4 is 16.2 Å². The predicted octanol–water partition coefficient (Wildman–Crippen LogP) is 0.704. The molecule has 0 aromatic heterocycles. The number of hydrogen-bond donors (Lipinski definition) is 2. The summed E-state index contributed by atoms with van der Waals surface area (Å²) in [5.74, 6) is -3.02. The number of ether oxygens (including phenoxy) is 1. The number of carbonyl (C=O) groups is 1. The molecule has 0 aliphatic carbocycles. The Balaban J connectivity index is 0.000000621. The van der Waals surface area contributed by atoms with Crippen LogP contribution in [0.1, 0.15) is 20.8 Å². The Morgan fingerprint density at radius 1 is 1.45 bits per heavy atom. The van der Waals surface area contributed by atoms with Gasteiger partial charge < -0.3 is 15.4 Å². The maximum Gasteiger partial charge on any atom is 0.410 e. The molecule has 3 N–H and O–H groups in total. The summed E-state index contributed by atoms with van der Waals surface area (Å²) in [6, 6.07) is -1.30.